The van der Waals surface area contributed by atoms with Crippen molar-refractivity contribution in [3.63, 3.8) is 0 Å². The van der Waals surface area contributed by atoms with Crippen molar-refractivity contribution in [2.75, 3.05) is 7.11 Å². The molecular formula is C26H18ClN3O4. The van der Waals surface area contributed by atoms with E-state index in [-0.39, 0.29) is 5.69 Å². The zero-order valence-corrected chi connectivity index (χ0v) is 18.7. The van der Waals surface area contributed by atoms with Gasteiger partial charge in [-0.3, -0.25) is 0 Å². The Labute approximate surface area is 199 Å². The van der Waals surface area contributed by atoms with Crippen LogP contribution in [-0.4, -0.2) is 32.8 Å². The minimum Gasteiger partial charge on any atom is -0.495 e. The number of halogens is 1. The molecule has 0 bridgehead atoms. The molecule has 1 N–H and O–H groups in total. The van der Waals surface area contributed by atoms with Crippen LogP contribution in [0.2, 0.25) is 5.02 Å². The van der Waals surface area contributed by atoms with Gasteiger partial charge in [0.25, 0.3) is 0 Å². The van der Waals surface area contributed by atoms with Crippen LogP contribution in [0.25, 0.3) is 28.2 Å². The quantitative estimate of drug-likeness (QED) is 0.316. The zero-order valence-electron chi connectivity index (χ0n) is 18.0. The zero-order chi connectivity index (χ0) is 23.7. The molecule has 3 aromatic carbocycles. The molecule has 7 nitrogen and oxygen atoms in total. The standard InChI is InChI=1S/C26H18ClN3O4/c1-33-24-12-9-17(13-20(24)27)23-14-21(28-25-15-22(26(31)32)29-30(23)25)16-7-10-19(11-8-16)34-18-5-3-2-4-6-18/h2-15H,1H3,(H,31,32). The van der Waals surface area contributed by atoms with Crippen molar-refractivity contribution in [2.24, 2.45) is 0 Å². The second kappa shape index (κ2) is 8.88. The molecule has 0 fully saturated rings. The third-order valence-electron chi connectivity index (χ3n) is 5.22. The highest BCUT2D eigenvalue weighted by Crippen LogP contribution is 2.33. The number of hydrogen-bond donors (Lipinski definition) is 1. The molecular weight excluding hydrogens is 454 g/mol. The lowest BCUT2D eigenvalue weighted by Crippen LogP contribution is -2.01. The average Bonchev–Trinajstić information content (AvgIpc) is 3.29. The number of carboxylic acid groups (broad SMARTS) is 1. The number of carbonyl (C=O) groups is 1. The summed E-state index contributed by atoms with van der Waals surface area (Å²) in [6.45, 7) is 0. The third-order valence-corrected chi connectivity index (χ3v) is 5.52. The van der Waals surface area contributed by atoms with Crippen LogP contribution in [0.15, 0.2) is 84.9 Å². The van der Waals surface area contributed by atoms with Crippen LogP contribution in [0.1, 0.15) is 10.5 Å². The minimum atomic E-state index is -1.13. The number of carboxylic acids is 1. The molecule has 8 heteroatoms. The SMILES string of the molecule is COc1ccc(-c2cc(-c3ccc(Oc4ccccc4)cc3)nc3cc(C(=O)O)nn23)cc1Cl. The molecule has 0 unspecified atom stereocenters. The number of nitrogens with zero attached hydrogens (tertiary/aromatic N) is 3. The third kappa shape index (κ3) is 4.16. The molecule has 2 aromatic heterocycles. The summed E-state index contributed by atoms with van der Waals surface area (Å²) in [7, 11) is 1.54. The largest absolute Gasteiger partial charge is 0.495 e. The Kier molecular flexibility index (Phi) is 5.61. The molecule has 34 heavy (non-hydrogen) atoms. The van der Waals surface area contributed by atoms with Gasteiger partial charge in [0.15, 0.2) is 11.3 Å². The van der Waals surface area contributed by atoms with Crippen molar-refractivity contribution in [3.05, 3.63) is 95.6 Å². The number of aromatic carboxylic acids is 1. The molecule has 0 aliphatic rings. The smallest absolute Gasteiger partial charge is 0.356 e. The molecule has 0 amide bonds. The molecule has 0 aliphatic heterocycles. The van der Waals surface area contributed by atoms with Crippen LogP contribution >= 0.6 is 11.6 Å². The summed E-state index contributed by atoms with van der Waals surface area (Å²) < 4.78 is 12.6. The van der Waals surface area contributed by atoms with Gasteiger partial charge in [0.2, 0.25) is 0 Å². The average molecular weight is 472 g/mol. The minimum absolute atomic E-state index is 0.0999. The summed E-state index contributed by atoms with van der Waals surface area (Å²) in [6.07, 6.45) is 0. The number of fused-ring (bicyclic) bond motifs is 1. The topological polar surface area (TPSA) is 86.0 Å². The van der Waals surface area contributed by atoms with Gasteiger partial charge in [0.05, 0.1) is 23.5 Å². The fraction of sp³-hybridized carbons (Fsp3) is 0.0385. The van der Waals surface area contributed by atoms with Crippen LogP contribution in [0, 0.1) is 0 Å². The molecule has 5 rings (SSSR count). The number of benzene rings is 3. The lowest BCUT2D eigenvalue weighted by Gasteiger charge is -2.11. The highest BCUT2D eigenvalue weighted by Gasteiger charge is 2.16. The monoisotopic (exact) mass is 471 g/mol. The van der Waals surface area contributed by atoms with Gasteiger partial charge >= 0.3 is 5.97 Å². The van der Waals surface area contributed by atoms with E-state index in [1.807, 2.05) is 66.7 Å². The van der Waals surface area contributed by atoms with Gasteiger partial charge in [0, 0.05) is 17.2 Å². The number of aromatic nitrogens is 3. The first-order valence-corrected chi connectivity index (χ1v) is 10.7. The van der Waals surface area contributed by atoms with Crippen LogP contribution in [0.3, 0.4) is 0 Å². The van der Waals surface area contributed by atoms with Gasteiger partial charge < -0.3 is 14.6 Å². The van der Waals surface area contributed by atoms with E-state index in [9.17, 15) is 9.90 Å². The highest BCUT2D eigenvalue weighted by atomic mass is 35.5. The van der Waals surface area contributed by atoms with E-state index in [1.165, 1.54) is 10.6 Å². The summed E-state index contributed by atoms with van der Waals surface area (Å²) in [5.41, 5.74) is 3.17. The lowest BCUT2D eigenvalue weighted by atomic mass is 10.1. The maximum absolute atomic E-state index is 11.5. The highest BCUT2D eigenvalue weighted by molar-refractivity contribution is 6.32. The van der Waals surface area contributed by atoms with Crippen molar-refractivity contribution < 1.29 is 19.4 Å². The molecule has 5 aromatic rings. The normalized spacial score (nSPS) is 10.9. The Morgan fingerprint density at radius 2 is 1.62 bits per heavy atom. The Hall–Kier alpha value is -4.36. The predicted molar refractivity (Wildman–Crippen MR) is 129 cm³/mol. The molecule has 168 valence electrons. The first kappa shape index (κ1) is 21.5. The number of methoxy groups -OCH3 is 1. The van der Waals surface area contributed by atoms with E-state index < -0.39 is 5.97 Å². The predicted octanol–water partition coefficient (Wildman–Crippen LogP) is 6.22. The van der Waals surface area contributed by atoms with E-state index in [2.05, 4.69) is 10.1 Å². The number of rotatable bonds is 6. The Bertz CT molecular complexity index is 1500. The fourth-order valence-corrected chi connectivity index (χ4v) is 3.83. The molecule has 0 spiro atoms. The van der Waals surface area contributed by atoms with Crippen molar-refractivity contribution in [2.45, 2.75) is 0 Å². The van der Waals surface area contributed by atoms with Gasteiger partial charge in [-0.1, -0.05) is 29.8 Å². The maximum Gasteiger partial charge on any atom is 0.356 e. The Morgan fingerprint density at radius 1 is 0.912 bits per heavy atom. The van der Waals surface area contributed by atoms with Crippen LogP contribution in [-0.2, 0) is 0 Å². The van der Waals surface area contributed by atoms with Gasteiger partial charge in [-0.15, -0.1) is 0 Å². The van der Waals surface area contributed by atoms with Crippen molar-refractivity contribution in [1.29, 1.82) is 0 Å². The van der Waals surface area contributed by atoms with E-state index >= 15 is 0 Å². The summed E-state index contributed by atoms with van der Waals surface area (Å²) in [5, 5.41) is 14.1. The Morgan fingerprint density at radius 3 is 2.29 bits per heavy atom. The maximum atomic E-state index is 11.5. The second-order valence-corrected chi connectivity index (χ2v) is 7.83. The van der Waals surface area contributed by atoms with E-state index in [4.69, 9.17) is 21.1 Å². The summed E-state index contributed by atoms with van der Waals surface area (Å²) in [6, 6.07) is 25.6. The second-order valence-electron chi connectivity index (χ2n) is 7.42. The molecule has 0 atom stereocenters. The molecule has 0 saturated heterocycles. The van der Waals surface area contributed by atoms with Gasteiger partial charge in [-0.2, -0.15) is 5.10 Å². The van der Waals surface area contributed by atoms with Crippen LogP contribution < -0.4 is 9.47 Å². The summed E-state index contributed by atoms with van der Waals surface area (Å²) in [5.74, 6) is 0.842. The summed E-state index contributed by atoms with van der Waals surface area (Å²) in [4.78, 5) is 16.2. The van der Waals surface area contributed by atoms with Crippen molar-refractivity contribution in [3.8, 4) is 39.8 Å². The lowest BCUT2D eigenvalue weighted by molar-refractivity contribution is 0.0690. The number of ether oxygens (including phenoxy) is 2. The molecule has 0 aliphatic carbocycles. The Balaban J connectivity index is 1.59. The first-order valence-electron chi connectivity index (χ1n) is 10.3. The molecule has 0 radical (unpaired) electrons. The van der Waals surface area contributed by atoms with Crippen LogP contribution in [0.4, 0.5) is 0 Å². The number of hydrogen-bond acceptors (Lipinski definition) is 5. The molecule has 0 saturated carbocycles. The van der Waals surface area contributed by atoms with Gasteiger partial charge in [0.1, 0.15) is 17.2 Å². The summed E-state index contributed by atoms with van der Waals surface area (Å²) >= 11 is 6.35. The van der Waals surface area contributed by atoms with Gasteiger partial charge in [-0.25, -0.2) is 14.3 Å². The van der Waals surface area contributed by atoms with Crippen LogP contribution in [0.5, 0.6) is 17.2 Å². The van der Waals surface area contributed by atoms with Crippen molar-refractivity contribution in [1.82, 2.24) is 14.6 Å². The first-order chi connectivity index (χ1) is 16.5. The fourth-order valence-electron chi connectivity index (χ4n) is 3.58. The van der Waals surface area contributed by atoms with Gasteiger partial charge in [-0.05, 0) is 60.7 Å². The number of para-hydroxylation sites is 1. The van der Waals surface area contributed by atoms with Crippen molar-refractivity contribution >= 4 is 23.2 Å². The van der Waals surface area contributed by atoms with E-state index in [1.54, 1.807) is 19.2 Å². The van der Waals surface area contributed by atoms with E-state index in [0.29, 0.717) is 33.6 Å². The molecule has 2 heterocycles. The van der Waals surface area contributed by atoms with E-state index in [0.717, 1.165) is 16.9 Å².